The summed E-state index contributed by atoms with van der Waals surface area (Å²) in [5.74, 6) is 0.244. The number of nitrogens with two attached hydrogens (primary N) is 1. The third-order valence-electron chi connectivity index (χ3n) is 4.21. The van der Waals surface area contributed by atoms with E-state index in [0.717, 1.165) is 44.6 Å². The van der Waals surface area contributed by atoms with Crippen molar-refractivity contribution in [3.63, 3.8) is 0 Å². The van der Waals surface area contributed by atoms with Gasteiger partial charge in [-0.1, -0.05) is 18.2 Å². The Morgan fingerprint density at radius 3 is 2.92 bits per heavy atom. The zero-order chi connectivity index (χ0) is 17.5. The number of benzene rings is 1. The van der Waals surface area contributed by atoms with Crippen molar-refractivity contribution in [1.82, 2.24) is 4.90 Å². The molecule has 1 aliphatic heterocycles. The largest absolute Gasteiger partial charge is 0.483 e. The van der Waals surface area contributed by atoms with Gasteiger partial charge in [0.15, 0.2) is 6.61 Å². The molecule has 0 bridgehead atoms. The van der Waals surface area contributed by atoms with Gasteiger partial charge < -0.3 is 15.2 Å². The zero-order valence-corrected chi connectivity index (χ0v) is 15.0. The molecule has 1 atom stereocenters. The summed E-state index contributed by atoms with van der Waals surface area (Å²) in [6.45, 7) is 3.25. The first kappa shape index (κ1) is 17.9. The number of carbonyl (C=O) groups is 1. The Morgan fingerprint density at radius 1 is 1.32 bits per heavy atom. The Morgan fingerprint density at radius 2 is 2.20 bits per heavy atom. The van der Waals surface area contributed by atoms with Crippen LogP contribution in [0.3, 0.4) is 0 Å². The standard InChI is InChI=1S/C19H24N2O3S/c20-19(22)13-24-18-6-2-1-4-16(18)11-21(10-15-7-9-25-14-15)12-17-5-3-8-23-17/h1-2,4,6-7,9,14,17H,3,5,8,10-13H2,(H2,20,22)/t17-/m0/s1. The molecule has 0 spiro atoms. The van der Waals surface area contributed by atoms with Crippen LogP contribution in [0.25, 0.3) is 0 Å². The van der Waals surface area contributed by atoms with Crippen molar-refractivity contribution in [1.29, 1.82) is 0 Å². The molecule has 0 saturated carbocycles. The molecular weight excluding hydrogens is 336 g/mol. The lowest BCUT2D eigenvalue weighted by Crippen LogP contribution is -2.31. The molecule has 5 nitrogen and oxygen atoms in total. The smallest absolute Gasteiger partial charge is 0.255 e. The highest BCUT2D eigenvalue weighted by Crippen LogP contribution is 2.23. The van der Waals surface area contributed by atoms with Crippen LogP contribution in [0.15, 0.2) is 41.1 Å². The lowest BCUT2D eigenvalue weighted by atomic mass is 10.1. The van der Waals surface area contributed by atoms with Crippen LogP contribution in [0.2, 0.25) is 0 Å². The quantitative estimate of drug-likeness (QED) is 0.747. The van der Waals surface area contributed by atoms with E-state index in [1.165, 1.54) is 5.56 Å². The molecule has 1 fully saturated rings. The highest BCUT2D eigenvalue weighted by molar-refractivity contribution is 7.07. The summed E-state index contributed by atoms with van der Waals surface area (Å²) in [5, 5.41) is 4.28. The minimum atomic E-state index is -0.468. The van der Waals surface area contributed by atoms with Gasteiger partial charge >= 0.3 is 0 Å². The lowest BCUT2D eigenvalue weighted by Gasteiger charge is -2.26. The predicted octanol–water partition coefficient (Wildman–Crippen LogP) is 2.79. The Bertz CT molecular complexity index is 669. The van der Waals surface area contributed by atoms with Gasteiger partial charge in [-0.05, 0) is 41.3 Å². The molecule has 1 aromatic heterocycles. The fourth-order valence-electron chi connectivity index (χ4n) is 3.07. The van der Waals surface area contributed by atoms with Gasteiger partial charge in [0.1, 0.15) is 5.75 Å². The molecule has 1 saturated heterocycles. The van der Waals surface area contributed by atoms with Crippen molar-refractivity contribution in [2.24, 2.45) is 5.73 Å². The van der Waals surface area contributed by atoms with Crippen LogP contribution in [0.1, 0.15) is 24.0 Å². The number of rotatable bonds is 9. The summed E-state index contributed by atoms with van der Waals surface area (Å²) in [6.07, 6.45) is 2.53. The first-order chi connectivity index (χ1) is 12.2. The summed E-state index contributed by atoms with van der Waals surface area (Å²) < 4.78 is 11.4. The molecule has 1 aromatic carbocycles. The van der Waals surface area contributed by atoms with Gasteiger partial charge in [-0.2, -0.15) is 11.3 Å². The van der Waals surface area contributed by atoms with Crippen molar-refractivity contribution < 1.29 is 14.3 Å². The van der Waals surface area contributed by atoms with Gasteiger partial charge in [-0.3, -0.25) is 9.69 Å². The molecule has 2 aromatic rings. The van der Waals surface area contributed by atoms with Gasteiger partial charge in [0.2, 0.25) is 0 Å². The lowest BCUT2D eigenvalue weighted by molar-refractivity contribution is -0.119. The third-order valence-corrected chi connectivity index (χ3v) is 4.94. The van der Waals surface area contributed by atoms with Gasteiger partial charge in [-0.25, -0.2) is 0 Å². The molecule has 0 radical (unpaired) electrons. The van der Waals surface area contributed by atoms with Crippen LogP contribution >= 0.6 is 11.3 Å². The second kappa shape index (κ2) is 8.99. The molecule has 1 amide bonds. The molecule has 6 heteroatoms. The molecule has 0 unspecified atom stereocenters. The predicted molar refractivity (Wildman–Crippen MR) is 98.5 cm³/mol. The maximum Gasteiger partial charge on any atom is 0.255 e. The summed E-state index contributed by atoms with van der Waals surface area (Å²) in [5.41, 5.74) is 7.56. The monoisotopic (exact) mass is 360 g/mol. The number of thiophene rings is 1. The van der Waals surface area contributed by atoms with Crippen LogP contribution in [-0.2, 0) is 22.6 Å². The zero-order valence-electron chi connectivity index (χ0n) is 14.2. The molecule has 3 rings (SSSR count). The van der Waals surface area contributed by atoms with E-state index in [1.54, 1.807) is 11.3 Å². The SMILES string of the molecule is NC(=O)COc1ccccc1CN(Cc1ccsc1)C[C@@H]1CCCO1. The maximum atomic E-state index is 11.0. The summed E-state index contributed by atoms with van der Waals surface area (Å²) >= 11 is 1.71. The molecule has 134 valence electrons. The Labute approximate surface area is 152 Å². The van der Waals surface area contributed by atoms with Crippen LogP contribution in [-0.4, -0.2) is 36.7 Å². The molecular formula is C19H24N2O3S. The average Bonchev–Trinajstić information content (AvgIpc) is 3.28. The highest BCUT2D eigenvalue weighted by Gasteiger charge is 2.20. The van der Waals surface area contributed by atoms with E-state index < -0.39 is 5.91 Å². The van der Waals surface area contributed by atoms with Gasteiger partial charge in [-0.15, -0.1) is 0 Å². The first-order valence-corrected chi connectivity index (χ1v) is 9.49. The van der Waals surface area contributed by atoms with Crippen molar-refractivity contribution in [3.8, 4) is 5.75 Å². The summed E-state index contributed by atoms with van der Waals surface area (Å²) in [4.78, 5) is 13.4. The molecule has 0 aliphatic carbocycles. The number of carbonyl (C=O) groups excluding carboxylic acids is 1. The van der Waals surface area contributed by atoms with E-state index in [4.69, 9.17) is 15.2 Å². The van der Waals surface area contributed by atoms with E-state index in [-0.39, 0.29) is 12.7 Å². The van der Waals surface area contributed by atoms with Gasteiger partial charge in [0, 0.05) is 31.8 Å². The average molecular weight is 360 g/mol. The number of para-hydroxylation sites is 1. The van der Waals surface area contributed by atoms with Crippen LogP contribution in [0.5, 0.6) is 5.75 Å². The second-order valence-corrected chi connectivity index (χ2v) is 7.08. The van der Waals surface area contributed by atoms with Crippen molar-refractivity contribution in [2.45, 2.75) is 32.0 Å². The normalized spacial score (nSPS) is 17.1. The minimum Gasteiger partial charge on any atom is -0.483 e. The second-order valence-electron chi connectivity index (χ2n) is 6.30. The van der Waals surface area contributed by atoms with E-state index in [0.29, 0.717) is 5.75 Å². The van der Waals surface area contributed by atoms with E-state index in [2.05, 4.69) is 21.7 Å². The number of nitrogens with zero attached hydrogens (tertiary/aromatic N) is 1. The molecule has 2 heterocycles. The number of ether oxygens (including phenoxy) is 2. The minimum absolute atomic E-state index is 0.104. The Balaban J connectivity index is 1.71. The molecule has 2 N–H and O–H groups in total. The van der Waals surface area contributed by atoms with Gasteiger partial charge in [0.25, 0.3) is 5.91 Å². The van der Waals surface area contributed by atoms with Crippen LogP contribution < -0.4 is 10.5 Å². The fraction of sp³-hybridized carbons (Fsp3) is 0.421. The van der Waals surface area contributed by atoms with E-state index >= 15 is 0 Å². The fourth-order valence-corrected chi connectivity index (χ4v) is 3.73. The molecule has 1 aliphatic rings. The van der Waals surface area contributed by atoms with Crippen LogP contribution in [0, 0.1) is 0 Å². The maximum absolute atomic E-state index is 11.0. The summed E-state index contributed by atoms with van der Waals surface area (Å²) in [7, 11) is 0. The van der Waals surface area contributed by atoms with Crippen LogP contribution in [0.4, 0.5) is 0 Å². The number of primary amides is 1. The Hall–Kier alpha value is -1.89. The van der Waals surface area contributed by atoms with Gasteiger partial charge in [0.05, 0.1) is 6.10 Å². The molecule has 25 heavy (non-hydrogen) atoms. The first-order valence-electron chi connectivity index (χ1n) is 8.55. The number of hydrogen-bond donors (Lipinski definition) is 1. The van der Waals surface area contributed by atoms with E-state index in [9.17, 15) is 4.79 Å². The topological polar surface area (TPSA) is 64.8 Å². The van der Waals surface area contributed by atoms with Crippen molar-refractivity contribution >= 4 is 17.2 Å². The van der Waals surface area contributed by atoms with Crippen molar-refractivity contribution in [2.75, 3.05) is 19.8 Å². The van der Waals surface area contributed by atoms with E-state index in [1.807, 2.05) is 24.3 Å². The highest BCUT2D eigenvalue weighted by atomic mass is 32.1. The Kier molecular flexibility index (Phi) is 6.44. The number of hydrogen-bond acceptors (Lipinski definition) is 5. The van der Waals surface area contributed by atoms with Crippen molar-refractivity contribution in [3.05, 3.63) is 52.2 Å². The summed E-state index contributed by atoms with van der Waals surface area (Å²) in [6, 6.07) is 9.96. The number of amides is 1. The third kappa shape index (κ3) is 5.56.